The van der Waals surface area contributed by atoms with Crippen molar-refractivity contribution < 1.29 is 24.9 Å². The summed E-state index contributed by atoms with van der Waals surface area (Å²) in [5.74, 6) is -2.08. The number of hydrogen-bond donors (Lipinski definition) is 3. The molecule has 27 heavy (non-hydrogen) atoms. The number of para-hydroxylation sites is 3. The first-order chi connectivity index (χ1) is 13.0. The standard InChI is InChI=1S/C21H15NO5/c23-17-11-5-2-8-14(17)19(25)21(27)15-9-3-1-7-13(15)20(26)22(21)16-10-4-6-12-18(16)24/h1-12,23-24,27H. The number of carbonyl (C=O) groups excluding carboxylic acids is 2. The molecule has 6 nitrogen and oxygen atoms in total. The van der Waals surface area contributed by atoms with Crippen molar-refractivity contribution in [2.24, 2.45) is 0 Å². The Labute approximate surface area is 154 Å². The van der Waals surface area contributed by atoms with Gasteiger partial charge in [0.25, 0.3) is 5.91 Å². The fraction of sp³-hybridized carbons (Fsp3) is 0.0476. The number of hydrogen-bond acceptors (Lipinski definition) is 5. The normalized spacial score (nSPS) is 18.4. The quantitative estimate of drug-likeness (QED) is 0.623. The van der Waals surface area contributed by atoms with Crippen molar-refractivity contribution >= 4 is 17.4 Å². The Hall–Kier alpha value is -3.64. The number of aliphatic hydroxyl groups is 1. The van der Waals surface area contributed by atoms with Gasteiger partial charge in [-0.25, -0.2) is 0 Å². The molecule has 0 radical (unpaired) electrons. The lowest BCUT2D eigenvalue weighted by Gasteiger charge is -2.33. The number of anilines is 1. The summed E-state index contributed by atoms with van der Waals surface area (Å²) in [6, 6.07) is 17.9. The number of phenolic OH excluding ortho intramolecular Hbond substituents is 2. The van der Waals surface area contributed by atoms with Crippen LogP contribution in [0.2, 0.25) is 0 Å². The van der Waals surface area contributed by atoms with Gasteiger partial charge in [0.05, 0.1) is 11.3 Å². The molecule has 1 heterocycles. The van der Waals surface area contributed by atoms with E-state index in [1.165, 1.54) is 36.4 Å². The molecule has 3 aromatic carbocycles. The number of amides is 1. The van der Waals surface area contributed by atoms with Crippen molar-refractivity contribution in [3.05, 3.63) is 89.5 Å². The van der Waals surface area contributed by atoms with Gasteiger partial charge in [-0.2, -0.15) is 0 Å². The highest BCUT2D eigenvalue weighted by Gasteiger charge is 2.55. The molecule has 0 bridgehead atoms. The Balaban J connectivity index is 1.99. The van der Waals surface area contributed by atoms with E-state index in [1.54, 1.807) is 36.4 Å². The maximum absolute atomic E-state index is 13.3. The Bertz CT molecular complexity index is 1080. The van der Waals surface area contributed by atoms with Gasteiger partial charge in [0.15, 0.2) is 0 Å². The third-order valence-corrected chi connectivity index (χ3v) is 4.65. The van der Waals surface area contributed by atoms with Gasteiger partial charge in [-0.3, -0.25) is 14.5 Å². The predicted molar refractivity (Wildman–Crippen MR) is 97.7 cm³/mol. The highest BCUT2D eigenvalue weighted by molar-refractivity contribution is 6.21. The van der Waals surface area contributed by atoms with Gasteiger partial charge in [0.2, 0.25) is 11.5 Å². The Morgan fingerprint density at radius 3 is 2.11 bits per heavy atom. The minimum absolute atomic E-state index is 0.00929. The molecule has 0 aromatic heterocycles. The van der Waals surface area contributed by atoms with Gasteiger partial charge in [0.1, 0.15) is 11.5 Å². The molecule has 1 unspecified atom stereocenters. The Morgan fingerprint density at radius 1 is 0.815 bits per heavy atom. The van der Waals surface area contributed by atoms with Crippen LogP contribution in [0.3, 0.4) is 0 Å². The molecule has 0 aliphatic carbocycles. The number of nitrogens with zero attached hydrogens (tertiary/aromatic N) is 1. The van der Waals surface area contributed by atoms with E-state index < -0.39 is 17.4 Å². The van der Waals surface area contributed by atoms with E-state index in [0.717, 1.165) is 4.90 Å². The van der Waals surface area contributed by atoms with Gasteiger partial charge >= 0.3 is 0 Å². The summed E-state index contributed by atoms with van der Waals surface area (Å²) in [7, 11) is 0. The lowest BCUT2D eigenvalue weighted by molar-refractivity contribution is 0.0310. The smallest absolute Gasteiger partial charge is 0.261 e. The second-order valence-corrected chi connectivity index (χ2v) is 6.19. The molecule has 134 valence electrons. The summed E-state index contributed by atoms with van der Waals surface area (Å²) in [5, 5.41) is 31.9. The van der Waals surface area contributed by atoms with Gasteiger partial charge in [0, 0.05) is 11.1 Å². The highest BCUT2D eigenvalue weighted by Crippen LogP contribution is 2.45. The third kappa shape index (κ3) is 2.31. The van der Waals surface area contributed by atoms with Gasteiger partial charge in [-0.05, 0) is 30.3 Å². The largest absolute Gasteiger partial charge is 0.507 e. The lowest BCUT2D eigenvalue weighted by Crippen LogP contribution is -2.50. The summed E-state index contributed by atoms with van der Waals surface area (Å²) >= 11 is 0. The SMILES string of the molecule is O=C1c2ccccc2C(O)(C(=O)c2ccccc2O)N1c1ccccc1O. The maximum atomic E-state index is 13.3. The zero-order valence-corrected chi connectivity index (χ0v) is 14.0. The van der Waals surface area contributed by atoms with E-state index in [9.17, 15) is 24.9 Å². The Kier molecular flexibility index (Phi) is 3.71. The van der Waals surface area contributed by atoms with E-state index in [1.807, 2.05) is 0 Å². The maximum Gasteiger partial charge on any atom is 0.261 e. The van der Waals surface area contributed by atoms with Crippen LogP contribution in [0.25, 0.3) is 0 Å². The molecule has 0 spiro atoms. The number of benzene rings is 3. The summed E-state index contributed by atoms with van der Waals surface area (Å²) < 4.78 is 0. The molecule has 4 rings (SSSR count). The van der Waals surface area contributed by atoms with E-state index in [0.29, 0.717) is 0 Å². The lowest BCUT2D eigenvalue weighted by atomic mass is 9.92. The molecule has 1 aliphatic rings. The minimum atomic E-state index is -2.41. The number of carbonyl (C=O) groups is 2. The van der Waals surface area contributed by atoms with E-state index >= 15 is 0 Å². The zero-order valence-electron chi connectivity index (χ0n) is 14.0. The molecule has 0 saturated heterocycles. The van der Waals surface area contributed by atoms with Crippen LogP contribution in [0.1, 0.15) is 26.3 Å². The van der Waals surface area contributed by atoms with Gasteiger partial charge in [-0.1, -0.05) is 42.5 Å². The molecule has 1 aliphatic heterocycles. The van der Waals surface area contributed by atoms with E-state index in [2.05, 4.69) is 0 Å². The molecule has 1 atom stereocenters. The average molecular weight is 361 g/mol. The van der Waals surface area contributed by atoms with Crippen molar-refractivity contribution in [3.8, 4) is 11.5 Å². The molecule has 0 saturated carbocycles. The molecule has 3 N–H and O–H groups in total. The fourth-order valence-corrected chi connectivity index (χ4v) is 3.38. The second-order valence-electron chi connectivity index (χ2n) is 6.19. The zero-order chi connectivity index (χ0) is 19.2. The van der Waals surface area contributed by atoms with Crippen molar-refractivity contribution in [2.45, 2.75) is 5.72 Å². The average Bonchev–Trinajstić information content (AvgIpc) is 2.91. The predicted octanol–water partition coefficient (Wildman–Crippen LogP) is 2.79. The van der Waals surface area contributed by atoms with Crippen molar-refractivity contribution in [1.29, 1.82) is 0 Å². The highest BCUT2D eigenvalue weighted by atomic mass is 16.3. The molecule has 3 aromatic rings. The first kappa shape index (κ1) is 16.8. The van der Waals surface area contributed by atoms with Crippen LogP contribution in [0.5, 0.6) is 11.5 Å². The molecule has 0 fully saturated rings. The van der Waals surface area contributed by atoms with Crippen LogP contribution < -0.4 is 4.90 Å². The number of rotatable bonds is 3. The van der Waals surface area contributed by atoms with Gasteiger partial charge < -0.3 is 15.3 Å². The first-order valence-electron chi connectivity index (χ1n) is 8.23. The number of fused-ring (bicyclic) bond motifs is 1. The summed E-state index contributed by atoms with van der Waals surface area (Å²) in [5.41, 5.74) is -2.32. The molecule has 1 amide bonds. The second kappa shape index (κ2) is 5.96. The van der Waals surface area contributed by atoms with Crippen LogP contribution in [-0.4, -0.2) is 27.0 Å². The number of Topliss-reactive ketones (excluding diaryl/α,β-unsaturated/α-hetero) is 1. The fourth-order valence-electron chi connectivity index (χ4n) is 3.38. The van der Waals surface area contributed by atoms with E-state index in [4.69, 9.17) is 0 Å². The van der Waals surface area contributed by atoms with Crippen LogP contribution in [0.15, 0.2) is 72.8 Å². The summed E-state index contributed by atoms with van der Waals surface area (Å²) in [6.07, 6.45) is 0. The van der Waals surface area contributed by atoms with E-state index in [-0.39, 0.29) is 33.9 Å². The van der Waals surface area contributed by atoms with Crippen molar-refractivity contribution in [1.82, 2.24) is 0 Å². The molecular weight excluding hydrogens is 346 g/mol. The number of aromatic hydroxyl groups is 2. The first-order valence-corrected chi connectivity index (χ1v) is 8.23. The third-order valence-electron chi connectivity index (χ3n) is 4.65. The molecular formula is C21H15NO5. The number of ketones is 1. The summed E-state index contributed by atoms with van der Waals surface area (Å²) in [6.45, 7) is 0. The molecule has 6 heteroatoms. The monoisotopic (exact) mass is 361 g/mol. The van der Waals surface area contributed by atoms with Gasteiger partial charge in [-0.15, -0.1) is 0 Å². The van der Waals surface area contributed by atoms with Crippen LogP contribution in [0, 0.1) is 0 Å². The topological polar surface area (TPSA) is 98.1 Å². The van der Waals surface area contributed by atoms with Crippen molar-refractivity contribution in [3.63, 3.8) is 0 Å². The summed E-state index contributed by atoms with van der Waals surface area (Å²) in [4.78, 5) is 27.2. The minimum Gasteiger partial charge on any atom is -0.507 e. The number of phenols is 2. The van der Waals surface area contributed by atoms with Crippen LogP contribution in [-0.2, 0) is 5.72 Å². The van der Waals surface area contributed by atoms with Crippen LogP contribution in [0.4, 0.5) is 5.69 Å². The van der Waals surface area contributed by atoms with Crippen LogP contribution >= 0.6 is 0 Å². The Morgan fingerprint density at radius 2 is 1.41 bits per heavy atom. The van der Waals surface area contributed by atoms with Crippen molar-refractivity contribution in [2.75, 3.05) is 4.90 Å².